The predicted molar refractivity (Wildman–Crippen MR) is 85.8 cm³/mol. The summed E-state index contributed by atoms with van der Waals surface area (Å²) in [5.74, 6) is 1.37. The van der Waals surface area contributed by atoms with Gasteiger partial charge in [-0.25, -0.2) is 0 Å². The summed E-state index contributed by atoms with van der Waals surface area (Å²) in [7, 11) is 1.73. The molecule has 3 nitrogen and oxygen atoms in total. The fraction of sp³-hybridized carbons (Fsp3) is 0.571. The maximum atomic E-state index is 5.57. The zero-order valence-corrected chi connectivity index (χ0v) is 14.8. The third kappa shape index (κ3) is 5.81. The molecule has 0 bridgehead atoms. The summed E-state index contributed by atoms with van der Waals surface area (Å²) in [5, 5.41) is 3.43. The topological polar surface area (TPSA) is 30.5 Å². The van der Waals surface area contributed by atoms with Gasteiger partial charge >= 0.3 is 0 Å². The second-order valence-corrected chi connectivity index (χ2v) is 6.22. The van der Waals surface area contributed by atoms with Crippen molar-refractivity contribution in [2.24, 2.45) is 5.92 Å². The molecule has 0 aliphatic carbocycles. The molecule has 1 N–H and O–H groups in total. The Labute approximate surface area is 132 Å². The van der Waals surface area contributed by atoms with E-state index in [-0.39, 0.29) is 0 Å². The van der Waals surface area contributed by atoms with Crippen LogP contribution in [0.1, 0.15) is 19.4 Å². The number of nitrogens with one attached hydrogen (secondary N) is 1. The Kier molecular flexibility index (Phi) is 7.99. The molecular weight excluding hydrogens is 374 g/mol. The highest BCUT2D eigenvalue weighted by atomic mass is 79.9. The lowest BCUT2D eigenvalue weighted by atomic mass is 10.2. The second kappa shape index (κ2) is 8.95. The molecule has 1 atom stereocenters. The molecule has 5 heteroatoms. The SMILES string of the molecule is CCOc1c(Br)cc(CNCC(C)COC)cc1Br. The molecule has 1 rings (SSSR count). The van der Waals surface area contributed by atoms with Gasteiger partial charge in [-0.05, 0) is 62.4 Å². The van der Waals surface area contributed by atoms with Crippen molar-refractivity contribution in [3.8, 4) is 5.75 Å². The maximum absolute atomic E-state index is 5.57. The lowest BCUT2D eigenvalue weighted by molar-refractivity contribution is 0.158. The van der Waals surface area contributed by atoms with E-state index in [1.807, 2.05) is 6.92 Å². The molecule has 0 radical (unpaired) electrons. The minimum absolute atomic E-state index is 0.513. The quantitative estimate of drug-likeness (QED) is 0.723. The largest absolute Gasteiger partial charge is 0.492 e. The third-order valence-corrected chi connectivity index (χ3v) is 3.80. The first-order valence-corrected chi connectivity index (χ1v) is 7.97. The van der Waals surface area contributed by atoms with Crippen LogP contribution in [0.2, 0.25) is 0 Å². The fourth-order valence-electron chi connectivity index (χ4n) is 1.80. The van der Waals surface area contributed by atoms with Crippen molar-refractivity contribution in [2.75, 3.05) is 26.9 Å². The Balaban J connectivity index is 2.55. The molecule has 0 fully saturated rings. The molecule has 0 aromatic heterocycles. The number of halogens is 2. The summed E-state index contributed by atoms with van der Waals surface area (Å²) in [5.41, 5.74) is 1.21. The average Bonchev–Trinajstić information content (AvgIpc) is 2.34. The van der Waals surface area contributed by atoms with Gasteiger partial charge in [0.05, 0.1) is 15.6 Å². The molecule has 19 heavy (non-hydrogen) atoms. The van der Waals surface area contributed by atoms with Gasteiger partial charge in [0.1, 0.15) is 5.75 Å². The summed E-state index contributed by atoms with van der Waals surface area (Å²) < 4.78 is 12.6. The van der Waals surface area contributed by atoms with Gasteiger partial charge in [-0.2, -0.15) is 0 Å². The Morgan fingerprint density at radius 3 is 2.42 bits per heavy atom. The van der Waals surface area contributed by atoms with E-state index in [1.165, 1.54) is 5.56 Å². The van der Waals surface area contributed by atoms with Gasteiger partial charge in [0.25, 0.3) is 0 Å². The van der Waals surface area contributed by atoms with Gasteiger partial charge in [-0.1, -0.05) is 6.92 Å². The molecule has 0 amide bonds. The first-order chi connectivity index (χ1) is 9.08. The van der Waals surface area contributed by atoms with E-state index < -0.39 is 0 Å². The Hall–Kier alpha value is -0.100. The molecule has 0 heterocycles. The summed E-state index contributed by atoms with van der Waals surface area (Å²) in [6, 6.07) is 4.17. The van der Waals surface area contributed by atoms with Crippen LogP contribution >= 0.6 is 31.9 Å². The Bertz CT molecular complexity index is 376. The molecule has 1 unspecified atom stereocenters. The van der Waals surface area contributed by atoms with E-state index >= 15 is 0 Å². The van der Waals surface area contributed by atoms with Crippen molar-refractivity contribution < 1.29 is 9.47 Å². The summed E-state index contributed by atoms with van der Waals surface area (Å²) >= 11 is 7.08. The van der Waals surface area contributed by atoms with E-state index in [9.17, 15) is 0 Å². The monoisotopic (exact) mass is 393 g/mol. The first kappa shape index (κ1) is 17.0. The predicted octanol–water partition coefficient (Wildman–Crippen LogP) is 3.98. The van der Waals surface area contributed by atoms with E-state index in [0.29, 0.717) is 12.5 Å². The number of rotatable bonds is 8. The van der Waals surface area contributed by atoms with Gasteiger partial charge in [0.2, 0.25) is 0 Å². The van der Waals surface area contributed by atoms with Crippen LogP contribution in [0.25, 0.3) is 0 Å². The van der Waals surface area contributed by atoms with Gasteiger partial charge in [0, 0.05) is 26.8 Å². The molecule has 0 spiro atoms. The lowest BCUT2D eigenvalue weighted by Crippen LogP contribution is -2.23. The van der Waals surface area contributed by atoms with Crippen LogP contribution in [0.3, 0.4) is 0 Å². The molecule has 0 aliphatic heterocycles. The van der Waals surface area contributed by atoms with Crippen molar-refractivity contribution in [1.82, 2.24) is 5.32 Å². The zero-order valence-electron chi connectivity index (χ0n) is 11.6. The average molecular weight is 395 g/mol. The van der Waals surface area contributed by atoms with Crippen LogP contribution < -0.4 is 10.1 Å². The minimum Gasteiger partial charge on any atom is -0.492 e. The summed E-state index contributed by atoms with van der Waals surface area (Å²) in [6.07, 6.45) is 0. The maximum Gasteiger partial charge on any atom is 0.147 e. The molecule has 0 saturated carbocycles. The van der Waals surface area contributed by atoms with Crippen LogP contribution in [-0.2, 0) is 11.3 Å². The lowest BCUT2D eigenvalue weighted by Gasteiger charge is -2.13. The molecule has 0 aliphatic rings. The number of methoxy groups -OCH3 is 1. The van der Waals surface area contributed by atoms with Gasteiger partial charge in [0.15, 0.2) is 0 Å². The van der Waals surface area contributed by atoms with Crippen molar-refractivity contribution in [1.29, 1.82) is 0 Å². The van der Waals surface area contributed by atoms with Crippen molar-refractivity contribution in [3.05, 3.63) is 26.6 Å². The molecule has 0 saturated heterocycles. The highest BCUT2D eigenvalue weighted by molar-refractivity contribution is 9.11. The van der Waals surface area contributed by atoms with Crippen molar-refractivity contribution in [3.63, 3.8) is 0 Å². The van der Waals surface area contributed by atoms with Crippen LogP contribution in [0.5, 0.6) is 5.75 Å². The number of benzene rings is 1. The minimum atomic E-state index is 0.513. The van der Waals surface area contributed by atoms with Gasteiger partial charge in [-0.15, -0.1) is 0 Å². The second-order valence-electron chi connectivity index (χ2n) is 4.51. The fourth-order valence-corrected chi connectivity index (χ4v) is 3.31. The van der Waals surface area contributed by atoms with Crippen LogP contribution in [0, 0.1) is 5.92 Å². The Morgan fingerprint density at radius 1 is 1.26 bits per heavy atom. The summed E-state index contributed by atoms with van der Waals surface area (Å²) in [4.78, 5) is 0. The number of hydrogen-bond acceptors (Lipinski definition) is 3. The van der Waals surface area contributed by atoms with Crippen LogP contribution in [0.4, 0.5) is 0 Å². The van der Waals surface area contributed by atoms with Crippen LogP contribution in [0.15, 0.2) is 21.1 Å². The third-order valence-electron chi connectivity index (χ3n) is 2.62. The molecule has 108 valence electrons. The van der Waals surface area contributed by atoms with E-state index in [1.54, 1.807) is 7.11 Å². The highest BCUT2D eigenvalue weighted by Crippen LogP contribution is 2.34. The van der Waals surface area contributed by atoms with E-state index in [2.05, 4.69) is 56.2 Å². The Morgan fingerprint density at radius 2 is 1.89 bits per heavy atom. The van der Waals surface area contributed by atoms with E-state index in [4.69, 9.17) is 9.47 Å². The molecule has 1 aromatic rings. The van der Waals surface area contributed by atoms with Gasteiger partial charge < -0.3 is 14.8 Å². The number of ether oxygens (including phenoxy) is 2. The standard InChI is InChI=1S/C14H21Br2NO2/c1-4-19-14-12(15)5-11(6-13(14)16)8-17-7-10(2)9-18-3/h5-6,10,17H,4,7-9H2,1-3H3. The first-order valence-electron chi connectivity index (χ1n) is 6.38. The smallest absolute Gasteiger partial charge is 0.147 e. The van der Waals surface area contributed by atoms with Crippen molar-refractivity contribution >= 4 is 31.9 Å². The molecule has 1 aromatic carbocycles. The van der Waals surface area contributed by atoms with Crippen LogP contribution in [-0.4, -0.2) is 26.9 Å². The van der Waals surface area contributed by atoms with Gasteiger partial charge in [-0.3, -0.25) is 0 Å². The molecular formula is C14H21Br2NO2. The highest BCUT2D eigenvalue weighted by Gasteiger charge is 2.08. The summed E-state index contributed by atoms with van der Waals surface area (Å²) in [6.45, 7) is 7.35. The number of hydrogen-bond donors (Lipinski definition) is 1. The van der Waals surface area contributed by atoms with E-state index in [0.717, 1.165) is 34.4 Å². The normalized spacial score (nSPS) is 12.5. The van der Waals surface area contributed by atoms with Crippen molar-refractivity contribution in [2.45, 2.75) is 20.4 Å². The zero-order chi connectivity index (χ0) is 14.3.